The third-order valence-electron chi connectivity index (χ3n) is 2.64. The number of amides is 1. The Labute approximate surface area is 97.9 Å². The Morgan fingerprint density at radius 3 is 2.41 bits per heavy atom. The summed E-state index contributed by atoms with van der Waals surface area (Å²) in [5, 5.41) is 8.98. The Bertz CT molecular complexity index is 443. The van der Waals surface area contributed by atoms with E-state index in [0.29, 0.717) is 0 Å². The lowest BCUT2D eigenvalue weighted by Crippen LogP contribution is -2.50. The summed E-state index contributed by atoms with van der Waals surface area (Å²) in [6.07, 6.45) is 1.08. The van der Waals surface area contributed by atoms with Gasteiger partial charge in [0.25, 0.3) is 5.91 Å². The zero-order chi connectivity index (χ0) is 13.2. The molecule has 0 aliphatic rings. The van der Waals surface area contributed by atoms with E-state index in [1.54, 1.807) is 0 Å². The minimum absolute atomic E-state index is 0.142. The highest BCUT2D eigenvalue weighted by molar-refractivity contribution is 5.97. The summed E-state index contributed by atoms with van der Waals surface area (Å²) in [5.74, 6) is -2.34. The van der Waals surface area contributed by atoms with Crippen LogP contribution in [0, 0.1) is 5.95 Å². The van der Waals surface area contributed by atoms with Crippen molar-refractivity contribution < 1.29 is 19.1 Å². The molecule has 1 aromatic rings. The van der Waals surface area contributed by atoms with Gasteiger partial charge in [-0.1, -0.05) is 0 Å². The van der Waals surface area contributed by atoms with Gasteiger partial charge in [-0.15, -0.1) is 0 Å². The van der Waals surface area contributed by atoms with Crippen LogP contribution in [0.5, 0.6) is 0 Å². The van der Waals surface area contributed by atoms with E-state index in [4.69, 9.17) is 5.11 Å². The van der Waals surface area contributed by atoms with Crippen LogP contribution in [-0.4, -0.2) is 39.5 Å². The van der Waals surface area contributed by atoms with Crippen LogP contribution < -0.4 is 0 Å². The van der Waals surface area contributed by atoms with Crippen molar-refractivity contribution in [3.8, 4) is 0 Å². The number of rotatable bonds is 3. The summed E-state index contributed by atoms with van der Waals surface area (Å²) in [7, 11) is 1.37. The molecule has 6 heteroatoms. The predicted octanol–water partition coefficient (Wildman–Crippen LogP) is 1.16. The summed E-state index contributed by atoms with van der Waals surface area (Å²) in [5.41, 5.74) is -1.20. The van der Waals surface area contributed by atoms with Gasteiger partial charge in [0.2, 0.25) is 5.95 Å². The summed E-state index contributed by atoms with van der Waals surface area (Å²) >= 11 is 0. The molecule has 0 aliphatic heterocycles. The standard InChI is InChI=1S/C11H13FN2O3/c1-11(2,10(16)17)14(3)9(15)7-4-5-8(12)13-6-7/h4-6H,1-3H3,(H,16,17). The molecule has 1 amide bonds. The molecule has 92 valence electrons. The minimum atomic E-state index is -1.34. The Balaban J connectivity index is 2.98. The number of likely N-dealkylation sites (N-methyl/N-ethyl adjacent to an activating group) is 1. The molecule has 17 heavy (non-hydrogen) atoms. The molecule has 1 N–H and O–H groups in total. The quantitative estimate of drug-likeness (QED) is 0.805. The maximum absolute atomic E-state index is 12.6. The first-order valence-electron chi connectivity index (χ1n) is 4.90. The third-order valence-corrected chi connectivity index (χ3v) is 2.64. The molecule has 0 radical (unpaired) electrons. The maximum Gasteiger partial charge on any atom is 0.329 e. The van der Waals surface area contributed by atoms with Gasteiger partial charge in [-0.2, -0.15) is 4.39 Å². The van der Waals surface area contributed by atoms with Crippen molar-refractivity contribution in [2.75, 3.05) is 7.05 Å². The van der Waals surface area contributed by atoms with Gasteiger partial charge in [-0.05, 0) is 26.0 Å². The number of carboxylic acids is 1. The van der Waals surface area contributed by atoms with Gasteiger partial charge in [0, 0.05) is 13.2 Å². The lowest BCUT2D eigenvalue weighted by atomic mass is 10.0. The molecule has 0 fully saturated rings. The van der Waals surface area contributed by atoms with E-state index in [-0.39, 0.29) is 5.56 Å². The zero-order valence-electron chi connectivity index (χ0n) is 9.77. The second-order valence-corrected chi connectivity index (χ2v) is 4.10. The van der Waals surface area contributed by atoms with Gasteiger partial charge in [0.1, 0.15) is 5.54 Å². The topological polar surface area (TPSA) is 70.5 Å². The summed E-state index contributed by atoms with van der Waals surface area (Å²) in [6.45, 7) is 2.81. The fourth-order valence-corrected chi connectivity index (χ4v) is 1.09. The summed E-state index contributed by atoms with van der Waals surface area (Å²) in [6, 6.07) is 2.31. The van der Waals surface area contributed by atoms with Gasteiger partial charge >= 0.3 is 5.97 Å². The van der Waals surface area contributed by atoms with E-state index in [0.717, 1.165) is 17.2 Å². The Hall–Kier alpha value is -1.98. The monoisotopic (exact) mass is 240 g/mol. The third kappa shape index (κ3) is 2.58. The van der Waals surface area contributed by atoms with Crippen molar-refractivity contribution in [2.45, 2.75) is 19.4 Å². The molecule has 0 aromatic carbocycles. The second-order valence-electron chi connectivity index (χ2n) is 4.10. The number of carbonyl (C=O) groups excluding carboxylic acids is 1. The molecule has 0 bridgehead atoms. The van der Waals surface area contributed by atoms with Crippen molar-refractivity contribution in [1.29, 1.82) is 0 Å². The van der Waals surface area contributed by atoms with Crippen LogP contribution in [0.2, 0.25) is 0 Å². The Morgan fingerprint density at radius 1 is 1.41 bits per heavy atom. The van der Waals surface area contributed by atoms with Crippen LogP contribution >= 0.6 is 0 Å². The van der Waals surface area contributed by atoms with Gasteiger partial charge in [0.15, 0.2) is 0 Å². The van der Waals surface area contributed by atoms with Gasteiger partial charge in [-0.3, -0.25) is 4.79 Å². The highest BCUT2D eigenvalue weighted by atomic mass is 19.1. The van der Waals surface area contributed by atoms with Crippen LogP contribution in [0.1, 0.15) is 24.2 Å². The minimum Gasteiger partial charge on any atom is -0.480 e. The number of aliphatic carboxylic acids is 1. The van der Waals surface area contributed by atoms with Crippen LogP contribution in [0.4, 0.5) is 4.39 Å². The van der Waals surface area contributed by atoms with Gasteiger partial charge < -0.3 is 10.0 Å². The summed E-state index contributed by atoms with van der Waals surface area (Å²) in [4.78, 5) is 27.3. The fraction of sp³-hybridized carbons (Fsp3) is 0.364. The molecule has 1 aromatic heterocycles. The van der Waals surface area contributed by atoms with E-state index in [1.165, 1.54) is 27.0 Å². The largest absolute Gasteiger partial charge is 0.480 e. The first kappa shape index (κ1) is 13.1. The molecule has 0 saturated carbocycles. The lowest BCUT2D eigenvalue weighted by Gasteiger charge is -2.31. The average molecular weight is 240 g/mol. The van der Waals surface area contributed by atoms with E-state index >= 15 is 0 Å². The molecule has 5 nitrogen and oxygen atoms in total. The van der Waals surface area contributed by atoms with E-state index in [1.807, 2.05) is 0 Å². The van der Waals surface area contributed by atoms with E-state index in [9.17, 15) is 14.0 Å². The highest BCUT2D eigenvalue weighted by Crippen LogP contribution is 2.15. The maximum atomic E-state index is 12.6. The number of pyridine rings is 1. The first-order valence-corrected chi connectivity index (χ1v) is 4.90. The molecular formula is C11H13FN2O3. The van der Waals surface area contributed by atoms with Crippen molar-refractivity contribution in [2.24, 2.45) is 0 Å². The second kappa shape index (κ2) is 4.48. The number of aromatic nitrogens is 1. The van der Waals surface area contributed by atoms with E-state index in [2.05, 4.69) is 4.98 Å². The highest BCUT2D eigenvalue weighted by Gasteiger charge is 2.35. The summed E-state index contributed by atoms with van der Waals surface area (Å²) < 4.78 is 12.6. The normalized spacial score (nSPS) is 11.1. The van der Waals surface area contributed by atoms with Crippen molar-refractivity contribution in [3.05, 3.63) is 29.8 Å². The number of carboxylic acid groups (broad SMARTS) is 1. The average Bonchev–Trinajstić information content (AvgIpc) is 2.27. The molecule has 0 aliphatic carbocycles. The lowest BCUT2D eigenvalue weighted by molar-refractivity contribution is -0.147. The van der Waals surface area contributed by atoms with Crippen molar-refractivity contribution in [1.82, 2.24) is 9.88 Å². The molecule has 0 spiro atoms. The zero-order valence-corrected chi connectivity index (χ0v) is 9.77. The van der Waals surface area contributed by atoms with Crippen LogP contribution in [-0.2, 0) is 4.79 Å². The predicted molar refractivity (Wildman–Crippen MR) is 58.0 cm³/mol. The first-order chi connectivity index (χ1) is 7.76. The van der Waals surface area contributed by atoms with Gasteiger partial charge in [0.05, 0.1) is 5.56 Å². The number of halogens is 1. The smallest absolute Gasteiger partial charge is 0.329 e. The fourth-order valence-electron chi connectivity index (χ4n) is 1.09. The number of hydrogen-bond donors (Lipinski definition) is 1. The van der Waals surface area contributed by atoms with Gasteiger partial charge in [-0.25, -0.2) is 9.78 Å². The number of nitrogens with zero attached hydrogens (tertiary/aromatic N) is 2. The van der Waals surface area contributed by atoms with Crippen molar-refractivity contribution >= 4 is 11.9 Å². The molecule has 1 rings (SSSR count). The molecule has 0 unspecified atom stereocenters. The van der Waals surface area contributed by atoms with Crippen LogP contribution in [0.15, 0.2) is 18.3 Å². The Kier molecular flexibility index (Phi) is 3.45. The van der Waals surface area contributed by atoms with Crippen LogP contribution in [0.3, 0.4) is 0 Å². The van der Waals surface area contributed by atoms with Crippen LogP contribution in [0.25, 0.3) is 0 Å². The number of hydrogen-bond acceptors (Lipinski definition) is 3. The number of carbonyl (C=O) groups is 2. The Morgan fingerprint density at radius 2 is 2.00 bits per heavy atom. The van der Waals surface area contributed by atoms with Crippen molar-refractivity contribution in [3.63, 3.8) is 0 Å². The molecular weight excluding hydrogens is 227 g/mol. The van der Waals surface area contributed by atoms with E-state index < -0.39 is 23.4 Å². The molecule has 0 atom stereocenters. The SMILES string of the molecule is CN(C(=O)c1ccc(F)nc1)C(C)(C)C(=O)O. The molecule has 1 heterocycles. The molecule has 0 saturated heterocycles.